The van der Waals surface area contributed by atoms with E-state index >= 15 is 0 Å². The summed E-state index contributed by atoms with van der Waals surface area (Å²) in [7, 11) is 0. The van der Waals surface area contributed by atoms with Crippen molar-refractivity contribution in [3.05, 3.63) is 213 Å². The quantitative estimate of drug-likeness (QED) is 0.158. The zero-order valence-electron chi connectivity index (χ0n) is 32.5. The Hall–Kier alpha value is -8.01. The fourth-order valence-electron chi connectivity index (χ4n) is 9.15. The van der Waals surface area contributed by atoms with Crippen LogP contribution in [0.25, 0.3) is 121 Å². The van der Waals surface area contributed by atoms with E-state index in [1.807, 2.05) is 24.5 Å². The van der Waals surface area contributed by atoms with E-state index in [-0.39, 0.29) is 0 Å². The first-order chi connectivity index (χ1) is 29.7. The molecule has 2 heterocycles. The van der Waals surface area contributed by atoms with Crippen LogP contribution in [-0.4, -0.2) is 15.0 Å². The average Bonchev–Trinajstić information content (AvgIpc) is 3.33. The molecule has 0 saturated heterocycles. The summed E-state index contributed by atoms with van der Waals surface area (Å²) in [6.45, 7) is 0. The maximum atomic E-state index is 5.22. The third-order valence-corrected chi connectivity index (χ3v) is 12.2. The van der Waals surface area contributed by atoms with E-state index in [9.17, 15) is 0 Å². The Bertz CT molecular complexity index is 3540. The van der Waals surface area contributed by atoms with Gasteiger partial charge < -0.3 is 0 Å². The summed E-state index contributed by atoms with van der Waals surface area (Å²) in [6, 6.07) is 72.1. The van der Waals surface area contributed by atoms with Gasteiger partial charge in [-0.2, -0.15) is 0 Å². The Morgan fingerprint density at radius 1 is 0.267 bits per heavy atom. The van der Waals surface area contributed by atoms with E-state index in [0.29, 0.717) is 5.82 Å². The van der Waals surface area contributed by atoms with Crippen LogP contribution < -0.4 is 0 Å². The number of benzene rings is 10. The Balaban J connectivity index is 0.954. The van der Waals surface area contributed by atoms with Gasteiger partial charge in [0.1, 0.15) is 0 Å². The van der Waals surface area contributed by atoms with Crippen LogP contribution in [0, 0.1) is 0 Å². The molecule has 3 nitrogen and oxygen atoms in total. The van der Waals surface area contributed by atoms with E-state index in [2.05, 4.69) is 193 Å². The Labute approximate surface area is 347 Å². The summed E-state index contributed by atoms with van der Waals surface area (Å²) in [5, 5.41) is 12.8. The minimum Gasteiger partial charge on any atom is -0.265 e. The van der Waals surface area contributed by atoms with Gasteiger partial charge in [0.05, 0.1) is 11.4 Å². The van der Waals surface area contributed by atoms with Crippen molar-refractivity contribution in [2.75, 3.05) is 0 Å². The molecule has 2 aromatic heterocycles. The lowest BCUT2D eigenvalue weighted by Gasteiger charge is -2.15. The highest BCUT2D eigenvalue weighted by atomic mass is 14.9. The number of fused-ring (bicyclic) bond motifs is 3. The first kappa shape index (κ1) is 34.1. The number of pyridine rings is 1. The van der Waals surface area contributed by atoms with Crippen LogP contribution in [0.3, 0.4) is 0 Å². The van der Waals surface area contributed by atoms with Gasteiger partial charge in [-0.15, -0.1) is 0 Å². The predicted octanol–water partition coefficient (Wildman–Crippen LogP) is 15.1. The van der Waals surface area contributed by atoms with Crippen LogP contribution in [0.15, 0.2) is 213 Å². The molecule has 12 aromatic rings. The number of nitrogens with zero attached hydrogens (tertiary/aromatic N) is 3. The first-order valence-corrected chi connectivity index (χ1v) is 20.4. The fraction of sp³-hybridized carbons (Fsp3) is 0. The van der Waals surface area contributed by atoms with E-state index in [1.165, 1.54) is 76.1 Å². The van der Waals surface area contributed by atoms with E-state index in [0.717, 1.165) is 39.2 Å². The molecule has 10 aromatic carbocycles. The van der Waals surface area contributed by atoms with E-state index < -0.39 is 0 Å². The topological polar surface area (TPSA) is 38.7 Å². The lowest BCUT2D eigenvalue weighted by molar-refractivity contribution is 1.18. The van der Waals surface area contributed by atoms with Crippen LogP contribution in [0.4, 0.5) is 0 Å². The van der Waals surface area contributed by atoms with Gasteiger partial charge in [0.15, 0.2) is 5.82 Å². The van der Waals surface area contributed by atoms with Crippen molar-refractivity contribution < 1.29 is 0 Å². The van der Waals surface area contributed by atoms with Crippen molar-refractivity contribution in [3.8, 4) is 67.3 Å². The molecule has 0 aliphatic carbocycles. The second kappa shape index (κ2) is 13.8. The highest BCUT2D eigenvalue weighted by molar-refractivity contribution is 6.25. The van der Waals surface area contributed by atoms with Crippen molar-refractivity contribution >= 4 is 53.9 Å². The molecule has 0 spiro atoms. The second-order valence-corrected chi connectivity index (χ2v) is 15.6. The van der Waals surface area contributed by atoms with Crippen molar-refractivity contribution in [2.24, 2.45) is 0 Å². The number of hydrogen-bond donors (Lipinski definition) is 0. The van der Waals surface area contributed by atoms with Crippen molar-refractivity contribution in [3.63, 3.8) is 0 Å². The lowest BCUT2D eigenvalue weighted by atomic mass is 9.89. The van der Waals surface area contributed by atoms with Gasteiger partial charge in [0.2, 0.25) is 0 Å². The fourth-order valence-corrected chi connectivity index (χ4v) is 9.15. The van der Waals surface area contributed by atoms with Crippen LogP contribution in [0.1, 0.15) is 0 Å². The van der Waals surface area contributed by atoms with Gasteiger partial charge in [-0.05, 0) is 112 Å². The predicted molar refractivity (Wildman–Crippen MR) is 251 cm³/mol. The molecule has 0 aliphatic heterocycles. The highest BCUT2D eigenvalue weighted by Gasteiger charge is 2.15. The molecule has 0 atom stereocenters. The molecule has 12 rings (SSSR count). The van der Waals surface area contributed by atoms with Crippen LogP contribution in [0.2, 0.25) is 0 Å². The molecular weight excluding hydrogens is 727 g/mol. The number of hydrogen-bond acceptors (Lipinski definition) is 3. The van der Waals surface area contributed by atoms with Gasteiger partial charge in [-0.3, -0.25) is 4.98 Å². The maximum absolute atomic E-state index is 5.22. The van der Waals surface area contributed by atoms with Gasteiger partial charge in [-0.25, -0.2) is 9.97 Å². The standard InChI is InChI=1S/C57H35N3/c1-2-9-47-46(6-1)34-52(50-11-4-3-10-49(47)50)39-16-20-41(21-17-39)54-35-53(59-57(60-54)45-24-12-36(13-25-45)37-30-32-58-33-31-37)40-18-14-38(15-19-40)48-28-26-44-23-22-42-7-5-8-43-27-29-51(48)56(44)55(42)43/h1-35H. The molecule has 0 amide bonds. The molecule has 3 heteroatoms. The summed E-state index contributed by atoms with van der Waals surface area (Å²) >= 11 is 0. The Morgan fingerprint density at radius 3 is 1.47 bits per heavy atom. The van der Waals surface area contributed by atoms with Crippen molar-refractivity contribution in [2.45, 2.75) is 0 Å². The number of rotatable bonds is 6. The molecule has 278 valence electrons. The second-order valence-electron chi connectivity index (χ2n) is 15.6. The smallest absolute Gasteiger partial charge is 0.160 e. The van der Waals surface area contributed by atoms with E-state index in [1.54, 1.807) is 0 Å². The SMILES string of the molecule is c1ccc2c(c1)cc(-c1ccc(-c3cc(-c4ccc(-c5ccc6ccc7cccc8ccc5c6c78)cc4)nc(-c4ccc(-c5ccncc5)cc4)n3)cc1)c1ccccc12. The molecule has 0 saturated carbocycles. The molecule has 0 bridgehead atoms. The summed E-state index contributed by atoms with van der Waals surface area (Å²) in [6.07, 6.45) is 3.65. The Morgan fingerprint density at radius 2 is 0.767 bits per heavy atom. The molecule has 0 radical (unpaired) electrons. The summed E-state index contributed by atoms with van der Waals surface area (Å²) in [5.41, 5.74) is 11.8. The van der Waals surface area contributed by atoms with Gasteiger partial charge >= 0.3 is 0 Å². The minimum absolute atomic E-state index is 0.684. The monoisotopic (exact) mass is 761 g/mol. The average molecular weight is 762 g/mol. The zero-order chi connectivity index (χ0) is 39.6. The van der Waals surface area contributed by atoms with Gasteiger partial charge in [-0.1, -0.05) is 176 Å². The summed E-state index contributed by atoms with van der Waals surface area (Å²) in [5.74, 6) is 0.684. The van der Waals surface area contributed by atoms with Crippen LogP contribution >= 0.6 is 0 Å². The van der Waals surface area contributed by atoms with Crippen LogP contribution in [-0.2, 0) is 0 Å². The van der Waals surface area contributed by atoms with Gasteiger partial charge in [0.25, 0.3) is 0 Å². The van der Waals surface area contributed by atoms with Crippen LogP contribution in [0.5, 0.6) is 0 Å². The first-order valence-electron chi connectivity index (χ1n) is 20.4. The molecule has 0 aliphatic rings. The third kappa shape index (κ3) is 5.71. The zero-order valence-corrected chi connectivity index (χ0v) is 32.5. The summed E-state index contributed by atoms with van der Waals surface area (Å²) in [4.78, 5) is 14.6. The number of aromatic nitrogens is 3. The third-order valence-electron chi connectivity index (χ3n) is 12.2. The normalized spacial score (nSPS) is 11.7. The summed E-state index contributed by atoms with van der Waals surface area (Å²) < 4.78 is 0. The Kier molecular flexibility index (Phi) is 7.85. The highest BCUT2D eigenvalue weighted by Crippen LogP contribution is 2.40. The van der Waals surface area contributed by atoms with Crippen molar-refractivity contribution in [1.29, 1.82) is 0 Å². The lowest BCUT2D eigenvalue weighted by Crippen LogP contribution is -1.96. The van der Waals surface area contributed by atoms with Crippen molar-refractivity contribution in [1.82, 2.24) is 15.0 Å². The molecule has 0 N–H and O–H groups in total. The van der Waals surface area contributed by atoms with E-state index in [4.69, 9.17) is 9.97 Å². The molecule has 60 heavy (non-hydrogen) atoms. The minimum atomic E-state index is 0.684. The largest absolute Gasteiger partial charge is 0.265 e. The molecule has 0 unspecified atom stereocenters. The maximum Gasteiger partial charge on any atom is 0.160 e. The molecule has 0 fully saturated rings. The molecular formula is C57H35N3. The van der Waals surface area contributed by atoms with Gasteiger partial charge in [0, 0.05) is 29.1 Å².